The zero-order valence-electron chi connectivity index (χ0n) is 11.5. The second-order valence-corrected chi connectivity index (χ2v) is 4.88. The molecule has 0 saturated carbocycles. The summed E-state index contributed by atoms with van der Waals surface area (Å²) < 4.78 is 38.5. The first-order valence-electron chi connectivity index (χ1n) is 6.73. The molecule has 0 atom stereocenters. The largest absolute Gasteiger partial charge is 0.401 e. The third-order valence-corrected chi connectivity index (χ3v) is 3.24. The van der Waals surface area contributed by atoms with Crippen LogP contribution in [0.4, 0.5) is 18.0 Å². The predicted octanol–water partition coefficient (Wildman–Crippen LogP) is 0.773. The van der Waals surface area contributed by atoms with Crippen LogP contribution in [0.15, 0.2) is 18.5 Å². The van der Waals surface area contributed by atoms with Gasteiger partial charge in [0.25, 0.3) is 0 Å². The lowest BCUT2D eigenvalue weighted by atomic mass is 10.3. The number of carbonyl (C=O) groups is 1. The van der Waals surface area contributed by atoms with Gasteiger partial charge < -0.3 is 10.2 Å². The lowest BCUT2D eigenvalue weighted by molar-refractivity contribution is -0.148. The van der Waals surface area contributed by atoms with E-state index < -0.39 is 12.7 Å². The van der Waals surface area contributed by atoms with Crippen LogP contribution in [0.1, 0.15) is 0 Å². The maximum Gasteiger partial charge on any atom is 0.401 e. The molecule has 1 saturated heterocycles. The van der Waals surface area contributed by atoms with Crippen molar-refractivity contribution in [3.63, 3.8) is 0 Å². The summed E-state index contributed by atoms with van der Waals surface area (Å²) in [5.41, 5.74) is 0. The molecule has 6 nitrogen and oxygen atoms in total. The molecule has 0 aliphatic carbocycles. The van der Waals surface area contributed by atoms with Gasteiger partial charge in [-0.1, -0.05) is 0 Å². The van der Waals surface area contributed by atoms with Crippen LogP contribution in [0.3, 0.4) is 0 Å². The van der Waals surface area contributed by atoms with Crippen LogP contribution < -0.4 is 5.32 Å². The summed E-state index contributed by atoms with van der Waals surface area (Å²) >= 11 is 0. The van der Waals surface area contributed by atoms with E-state index in [1.807, 2.05) is 0 Å². The minimum absolute atomic E-state index is 0.242. The normalized spacial score (nSPS) is 17.0. The molecule has 21 heavy (non-hydrogen) atoms. The molecular formula is C12H18F3N5O. The first kappa shape index (κ1) is 15.6. The highest BCUT2D eigenvalue weighted by atomic mass is 19.4. The molecule has 1 aromatic rings. The van der Waals surface area contributed by atoms with E-state index in [0.29, 0.717) is 26.2 Å². The van der Waals surface area contributed by atoms with Crippen molar-refractivity contribution in [1.29, 1.82) is 0 Å². The highest BCUT2D eigenvalue weighted by Gasteiger charge is 2.32. The third kappa shape index (κ3) is 5.25. The predicted molar refractivity (Wildman–Crippen MR) is 69.7 cm³/mol. The topological polar surface area (TPSA) is 53.4 Å². The van der Waals surface area contributed by atoms with Crippen LogP contribution in [-0.2, 0) is 6.54 Å². The Morgan fingerprint density at radius 2 is 1.95 bits per heavy atom. The maximum absolute atomic E-state index is 12.3. The monoisotopic (exact) mass is 305 g/mol. The molecule has 118 valence electrons. The van der Waals surface area contributed by atoms with Gasteiger partial charge in [-0.2, -0.15) is 18.3 Å². The first-order chi connectivity index (χ1) is 9.94. The number of rotatable bonds is 4. The summed E-state index contributed by atoms with van der Waals surface area (Å²) in [5.74, 6) is 0. The molecule has 1 fully saturated rings. The Labute approximate surface area is 120 Å². The summed E-state index contributed by atoms with van der Waals surface area (Å²) in [6, 6.07) is 1.55. The molecule has 2 amide bonds. The summed E-state index contributed by atoms with van der Waals surface area (Å²) in [6.45, 7) is 1.18. The Morgan fingerprint density at radius 3 is 2.52 bits per heavy atom. The Morgan fingerprint density at radius 1 is 1.24 bits per heavy atom. The van der Waals surface area contributed by atoms with Gasteiger partial charge in [0.1, 0.15) is 0 Å². The van der Waals surface area contributed by atoms with Crippen LogP contribution in [0, 0.1) is 0 Å². The lowest BCUT2D eigenvalue weighted by Gasteiger charge is -2.34. The van der Waals surface area contributed by atoms with Gasteiger partial charge in [-0.15, -0.1) is 0 Å². The molecule has 2 heterocycles. The van der Waals surface area contributed by atoms with E-state index in [2.05, 4.69) is 10.4 Å². The van der Waals surface area contributed by atoms with E-state index in [0.717, 1.165) is 0 Å². The number of carbonyl (C=O) groups excluding carboxylic acids is 1. The van der Waals surface area contributed by atoms with Gasteiger partial charge in [-0.3, -0.25) is 9.58 Å². The summed E-state index contributed by atoms with van der Waals surface area (Å²) in [7, 11) is 0. The van der Waals surface area contributed by atoms with Crippen molar-refractivity contribution >= 4 is 6.03 Å². The average Bonchev–Trinajstić information content (AvgIpc) is 2.91. The van der Waals surface area contributed by atoms with E-state index in [1.165, 1.54) is 9.80 Å². The third-order valence-electron chi connectivity index (χ3n) is 3.24. The second-order valence-electron chi connectivity index (χ2n) is 4.88. The Hall–Kier alpha value is -1.77. The van der Waals surface area contributed by atoms with Crippen LogP contribution >= 0.6 is 0 Å². The minimum atomic E-state index is -4.19. The average molecular weight is 305 g/mol. The zero-order valence-corrected chi connectivity index (χ0v) is 11.5. The highest BCUT2D eigenvalue weighted by molar-refractivity contribution is 5.74. The molecular weight excluding hydrogens is 287 g/mol. The molecule has 1 aliphatic rings. The number of nitrogens with zero attached hydrogens (tertiary/aromatic N) is 4. The number of hydrogen-bond donors (Lipinski definition) is 1. The second kappa shape index (κ2) is 6.79. The smallest absolute Gasteiger partial charge is 0.336 e. The van der Waals surface area contributed by atoms with Gasteiger partial charge in [0, 0.05) is 45.1 Å². The van der Waals surface area contributed by atoms with Gasteiger partial charge in [-0.25, -0.2) is 4.79 Å². The number of alkyl halides is 3. The van der Waals surface area contributed by atoms with Crippen molar-refractivity contribution in [2.24, 2.45) is 0 Å². The van der Waals surface area contributed by atoms with Crippen molar-refractivity contribution in [2.45, 2.75) is 12.7 Å². The van der Waals surface area contributed by atoms with E-state index in [1.54, 1.807) is 23.1 Å². The fraction of sp³-hybridized carbons (Fsp3) is 0.667. The quantitative estimate of drug-likeness (QED) is 0.894. The maximum atomic E-state index is 12.3. The Bertz CT molecular complexity index is 440. The van der Waals surface area contributed by atoms with Crippen LogP contribution in [0.5, 0.6) is 0 Å². The molecule has 0 bridgehead atoms. The SMILES string of the molecule is O=C(NCCn1cccn1)N1CCN(CC(F)(F)F)CC1. The number of piperazine rings is 1. The molecule has 1 aromatic heterocycles. The van der Waals surface area contributed by atoms with Gasteiger partial charge in [0.05, 0.1) is 13.1 Å². The molecule has 9 heteroatoms. The van der Waals surface area contributed by atoms with Crippen LogP contribution in [0.2, 0.25) is 0 Å². The molecule has 1 aliphatic heterocycles. The Kier molecular flexibility index (Phi) is 5.05. The van der Waals surface area contributed by atoms with Crippen LogP contribution in [-0.4, -0.2) is 71.1 Å². The van der Waals surface area contributed by atoms with Crippen molar-refractivity contribution < 1.29 is 18.0 Å². The van der Waals surface area contributed by atoms with Gasteiger partial charge in [0.15, 0.2) is 0 Å². The van der Waals surface area contributed by atoms with Crippen molar-refractivity contribution in [2.75, 3.05) is 39.3 Å². The van der Waals surface area contributed by atoms with Crippen LogP contribution in [0.25, 0.3) is 0 Å². The fourth-order valence-corrected chi connectivity index (χ4v) is 2.18. The summed E-state index contributed by atoms with van der Waals surface area (Å²) in [6.07, 6.45) is -0.738. The zero-order chi connectivity index (χ0) is 15.3. The molecule has 2 rings (SSSR count). The fourth-order valence-electron chi connectivity index (χ4n) is 2.18. The van der Waals surface area contributed by atoms with E-state index in [-0.39, 0.29) is 19.1 Å². The summed E-state index contributed by atoms with van der Waals surface area (Å²) in [4.78, 5) is 14.7. The molecule has 1 N–H and O–H groups in total. The highest BCUT2D eigenvalue weighted by Crippen LogP contribution is 2.17. The van der Waals surface area contributed by atoms with Gasteiger partial charge in [0.2, 0.25) is 0 Å². The molecule has 0 spiro atoms. The van der Waals surface area contributed by atoms with Crippen molar-refractivity contribution in [3.05, 3.63) is 18.5 Å². The van der Waals surface area contributed by atoms with Crippen molar-refractivity contribution in [3.8, 4) is 0 Å². The molecule has 0 aromatic carbocycles. The molecule has 0 unspecified atom stereocenters. The number of halogens is 3. The van der Waals surface area contributed by atoms with E-state index in [4.69, 9.17) is 0 Å². The molecule has 0 radical (unpaired) electrons. The number of nitrogens with one attached hydrogen (secondary N) is 1. The number of urea groups is 1. The first-order valence-corrected chi connectivity index (χ1v) is 6.73. The summed E-state index contributed by atoms with van der Waals surface area (Å²) in [5, 5.41) is 6.75. The number of hydrogen-bond acceptors (Lipinski definition) is 3. The minimum Gasteiger partial charge on any atom is -0.336 e. The van der Waals surface area contributed by atoms with E-state index in [9.17, 15) is 18.0 Å². The van der Waals surface area contributed by atoms with Gasteiger partial charge in [-0.05, 0) is 6.07 Å². The number of aromatic nitrogens is 2. The standard InChI is InChI=1S/C12H18F3N5O/c13-12(14,15)10-18-6-8-19(9-7-18)11(21)16-3-5-20-4-1-2-17-20/h1-2,4H,3,5-10H2,(H,16,21). The van der Waals surface area contributed by atoms with Gasteiger partial charge >= 0.3 is 12.2 Å². The Balaban J connectivity index is 1.66. The lowest BCUT2D eigenvalue weighted by Crippen LogP contribution is -2.53. The van der Waals surface area contributed by atoms with Crippen molar-refractivity contribution in [1.82, 2.24) is 24.9 Å². The number of amides is 2. The van der Waals surface area contributed by atoms with E-state index >= 15 is 0 Å².